The SMILES string of the molecule is Cc1cc(OC(=O)C2CC(=O)N(c3cccc(Br)c3)C2)ccc1[N+](=O)[O-]. The van der Waals surface area contributed by atoms with E-state index in [-0.39, 0.29) is 30.3 Å². The molecule has 0 bridgehead atoms. The fourth-order valence-corrected chi connectivity index (χ4v) is 3.24. The van der Waals surface area contributed by atoms with Crippen LogP contribution in [0.1, 0.15) is 12.0 Å². The first-order chi connectivity index (χ1) is 12.3. The number of carbonyl (C=O) groups excluding carboxylic acids is 2. The van der Waals surface area contributed by atoms with Gasteiger partial charge in [0.05, 0.1) is 10.8 Å². The molecule has 0 spiro atoms. The number of carbonyl (C=O) groups is 2. The molecule has 1 aliphatic heterocycles. The molecule has 1 saturated heterocycles. The number of halogens is 1. The summed E-state index contributed by atoms with van der Waals surface area (Å²) in [6.07, 6.45) is 0.0668. The monoisotopic (exact) mass is 418 g/mol. The Morgan fingerprint density at radius 3 is 2.73 bits per heavy atom. The van der Waals surface area contributed by atoms with Crippen LogP contribution < -0.4 is 9.64 Å². The van der Waals surface area contributed by atoms with Crippen molar-refractivity contribution in [2.24, 2.45) is 5.92 Å². The van der Waals surface area contributed by atoms with Crippen LogP contribution in [0.3, 0.4) is 0 Å². The second-order valence-corrected chi connectivity index (χ2v) is 6.93. The Kier molecular flexibility index (Phi) is 5.03. The smallest absolute Gasteiger partial charge is 0.316 e. The molecule has 2 aromatic rings. The number of hydrogen-bond acceptors (Lipinski definition) is 5. The van der Waals surface area contributed by atoms with Crippen molar-refractivity contribution in [3.05, 3.63) is 62.6 Å². The van der Waals surface area contributed by atoms with Gasteiger partial charge in [-0.1, -0.05) is 22.0 Å². The summed E-state index contributed by atoms with van der Waals surface area (Å²) in [5.41, 5.74) is 1.08. The molecular weight excluding hydrogens is 404 g/mol. The average molecular weight is 419 g/mol. The highest BCUT2D eigenvalue weighted by atomic mass is 79.9. The minimum atomic E-state index is -0.586. The van der Waals surface area contributed by atoms with Gasteiger partial charge in [-0.05, 0) is 37.3 Å². The second-order valence-electron chi connectivity index (χ2n) is 6.01. The number of nitro groups is 1. The summed E-state index contributed by atoms with van der Waals surface area (Å²) in [5, 5.41) is 10.8. The van der Waals surface area contributed by atoms with Gasteiger partial charge in [0.25, 0.3) is 5.69 Å². The molecule has 3 rings (SSSR count). The summed E-state index contributed by atoms with van der Waals surface area (Å²) in [5.74, 6) is -1.03. The Labute approximate surface area is 157 Å². The van der Waals surface area contributed by atoms with Crippen LogP contribution in [0.25, 0.3) is 0 Å². The van der Waals surface area contributed by atoms with Gasteiger partial charge in [-0.3, -0.25) is 19.7 Å². The molecule has 1 aliphatic rings. The lowest BCUT2D eigenvalue weighted by molar-refractivity contribution is -0.385. The summed E-state index contributed by atoms with van der Waals surface area (Å²) < 4.78 is 6.16. The Bertz CT molecular complexity index is 899. The lowest BCUT2D eigenvalue weighted by Crippen LogP contribution is -2.27. The number of ether oxygens (including phenoxy) is 1. The molecule has 134 valence electrons. The van der Waals surface area contributed by atoms with E-state index in [1.54, 1.807) is 17.9 Å². The Balaban J connectivity index is 1.70. The number of esters is 1. The van der Waals surface area contributed by atoms with E-state index >= 15 is 0 Å². The van der Waals surface area contributed by atoms with Crippen LogP contribution >= 0.6 is 15.9 Å². The van der Waals surface area contributed by atoms with E-state index in [1.165, 1.54) is 18.2 Å². The molecule has 0 radical (unpaired) electrons. The van der Waals surface area contributed by atoms with Crippen LogP contribution in [0.5, 0.6) is 5.75 Å². The lowest BCUT2D eigenvalue weighted by atomic mass is 10.1. The van der Waals surface area contributed by atoms with E-state index in [2.05, 4.69) is 15.9 Å². The number of anilines is 1. The molecule has 0 saturated carbocycles. The number of amides is 1. The maximum atomic E-state index is 12.4. The molecule has 2 aromatic carbocycles. The van der Waals surface area contributed by atoms with Crippen molar-refractivity contribution in [1.82, 2.24) is 0 Å². The van der Waals surface area contributed by atoms with Crippen molar-refractivity contribution >= 4 is 39.2 Å². The van der Waals surface area contributed by atoms with E-state index < -0.39 is 16.8 Å². The molecule has 0 aliphatic carbocycles. The molecule has 1 fully saturated rings. The van der Waals surface area contributed by atoms with E-state index in [0.29, 0.717) is 11.3 Å². The van der Waals surface area contributed by atoms with Crippen molar-refractivity contribution in [3.63, 3.8) is 0 Å². The predicted molar refractivity (Wildman–Crippen MR) is 98.1 cm³/mol. The Morgan fingerprint density at radius 1 is 1.31 bits per heavy atom. The first-order valence-electron chi connectivity index (χ1n) is 7.88. The third-order valence-electron chi connectivity index (χ3n) is 4.16. The van der Waals surface area contributed by atoms with Crippen LogP contribution in [0, 0.1) is 23.0 Å². The lowest BCUT2D eigenvalue weighted by Gasteiger charge is -2.16. The number of rotatable bonds is 4. The highest BCUT2D eigenvalue weighted by Gasteiger charge is 2.36. The van der Waals surface area contributed by atoms with Gasteiger partial charge in [-0.2, -0.15) is 0 Å². The summed E-state index contributed by atoms with van der Waals surface area (Å²) in [7, 11) is 0. The minimum absolute atomic E-state index is 0.0401. The second kappa shape index (κ2) is 7.25. The van der Waals surface area contributed by atoms with Gasteiger partial charge in [0.2, 0.25) is 5.91 Å². The Hall–Kier alpha value is -2.74. The van der Waals surface area contributed by atoms with Crippen LogP contribution in [-0.2, 0) is 9.59 Å². The molecule has 1 heterocycles. The van der Waals surface area contributed by atoms with Crippen LogP contribution in [0.2, 0.25) is 0 Å². The van der Waals surface area contributed by atoms with E-state index in [9.17, 15) is 19.7 Å². The van der Waals surface area contributed by atoms with Crippen LogP contribution in [-0.4, -0.2) is 23.3 Å². The quantitative estimate of drug-likeness (QED) is 0.327. The molecule has 8 heteroatoms. The maximum Gasteiger partial charge on any atom is 0.316 e. The molecule has 1 amide bonds. The predicted octanol–water partition coefficient (Wildman–Crippen LogP) is 3.62. The van der Waals surface area contributed by atoms with Crippen LogP contribution in [0.15, 0.2) is 46.9 Å². The van der Waals surface area contributed by atoms with Crippen molar-refractivity contribution < 1.29 is 19.2 Å². The van der Waals surface area contributed by atoms with Gasteiger partial charge in [-0.25, -0.2) is 0 Å². The fourth-order valence-electron chi connectivity index (χ4n) is 2.85. The number of aryl methyl sites for hydroxylation is 1. The highest BCUT2D eigenvalue weighted by molar-refractivity contribution is 9.10. The summed E-state index contributed by atoms with van der Waals surface area (Å²) in [6.45, 7) is 1.81. The van der Waals surface area contributed by atoms with E-state index in [0.717, 1.165) is 4.47 Å². The molecular formula is C18H15BrN2O5. The maximum absolute atomic E-state index is 12.4. The van der Waals surface area contributed by atoms with Gasteiger partial charge in [0.15, 0.2) is 0 Å². The van der Waals surface area contributed by atoms with Gasteiger partial charge in [0, 0.05) is 34.8 Å². The summed E-state index contributed by atoms with van der Waals surface area (Å²) in [6, 6.07) is 11.4. The summed E-state index contributed by atoms with van der Waals surface area (Å²) in [4.78, 5) is 36.6. The molecule has 7 nitrogen and oxygen atoms in total. The van der Waals surface area contributed by atoms with Crippen molar-refractivity contribution in [2.45, 2.75) is 13.3 Å². The molecule has 1 unspecified atom stereocenters. The molecule has 0 N–H and O–H groups in total. The van der Waals surface area contributed by atoms with Gasteiger partial charge in [0.1, 0.15) is 5.75 Å². The van der Waals surface area contributed by atoms with Gasteiger partial charge >= 0.3 is 5.97 Å². The van der Waals surface area contributed by atoms with Gasteiger partial charge < -0.3 is 9.64 Å². The van der Waals surface area contributed by atoms with E-state index in [1.807, 2.05) is 18.2 Å². The zero-order chi connectivity index (χ0) is 18.8. The number of nitro benzene ring substituents is 1. The summed E-state index contributed by atoms with van der Waals surface area (Å²) >= 11 is 3.36. The van der Waals surface area contributed by atoms with E-state index in [4.69, 9.17) is 4.74 Å². The zero-order valence-corrected chi connectivity index (χ0v) is 15.4. The van der Waals surface area contributed by atoms with Crippen molar-refractivity contribution in [2.75, 3.05) is 11.4 Å². The number of hydrogen-bond donors (Lipinski definition) is 0. The topological polar surface area (TPSA) is 89.8 Å². The van der Waals surface area contributed by atoms with Gasteiger partial charge in [-0.15, -0.1) is 0 Å². The third kappa shape index (κ3) is 3.75. The highest BCUT2D eigenvalue weighted by Crippen LogP contribution is 2.29. The fraction of sp³-hybridized carbons (Fsp3) is 0.222. The first-order valence-corrected chi connectivity index (χ1v) is 8.67. The van der Waals surface area contributed by atoms with Crippen molar-refractivity contribution in [1.29, 1.82) is 0 Å². The zero-order valence-electron chi connectivity index (χ0n) is 13.8. The normalized spacial score (nSPS) is 16.6. The minimum Gasteiger partial charge on any atom is -0.426 e. The molecule has 26 heavy (non-hydrogen) atoms. The largest absolute Gasteiger partial charge is 0.426 e. The number of benzene rings is 2. The standard InChI is InChI=1S/C18H15BrN2O5/c1-11-7-15(5-6-16(11)21(24)25)26-18(23)12-8-17(22)20(10-12)14-4-2-3-13(19)9-14/h2-7,9,12H,8,10H2,1H3. The molecule has 1 atom stereocenters. The molecule has 0 aromatic heterocycles. The average Bonchev–Trinajstić information content (AvgIpc) is 2.96. The van der Waals surface area contributed by atoms with Crippen molar-refractivity contribution in [3.8, 4) is 5.75 Å². The number of nitrogens with zero attached hydrogens (tertiary/aromatic N) is 2. The first kappa shape index (κ1) is 18.1. The third-order valence-corrected chi connectivity index (χ3v) is 4.65. The van der Waals surface area contributed by atoms with Crippen LogP contribution in [0.4, 0.5) is 11.4 Å². The Morgan fingerprint density at radius 2 is 2.08 bits per heavy atom.